The summed E-state index contributed by atoms with van der Waals surface area (Å²) in [5.74, 6) is -0.897. The maximum absolute atomic E-state index is 11.7. The van der Waals surface area contributed by atoms with Crippen LogP contribution in [-0.4, -0.2) is 66.2 Å². The molecule has 6 heteroatoms. The average Bonchev–Trinajstić information content (AvgIpc) is 2.32. The lowest BCUT2D eigenvalue weighted by Crippen LogP contribution is -2.47. The van der Waals surface area contributed by atoms with Crippen LogP contribution in [0.25, 0.3) is 0 Å². The summed E-state index contributed by atoms with van der Waals surface area (Å²) in [6.07, 6.45) is -0.0334. The van der Waals surface area contributed by atoms with Crippen molar-refractivity contribution in [3.8, 4) is 0 Å². The highest BCUT2D eigenvalue weighted by atomic mass is 16.4. The first kappa shape index (κ1) is 16.7. The zero-order chi connectivity index (χ0) is 14.1. The van der Waals surface area contributed by atoms with Crippen LogP contribution in [0.15, 0.2) is 0 Å². The number of carbonyl (C=O) groups excluding carboxylic acids is 1. The van der Waals surface area contributed by atoms with Crippen molar-refractivity contribution in [2.75, 3.05) is 33.2 Å². The molecule has 2 N–H and O–H groups in total. The molecule has 0 spiro atoms. The summed E-state index contributed by atoms with van der Waals surface area (Å²) in [6.45, 7) is 9.02. The Hall–Kier alpha value is -1.30. The molecule has 0 rings (SSSR count). The van der Waals surface area contributed by atoms with E-state index in [2.05, 4.69) is 24.1 Å². The van der Waals surface area contributed by atoms with Gasteiger partial charge in [0.25, 0.3) is 0 Å². The van der Waals surface area contributed by atoms with Gasteiger partial charge in [0.2, 0.25) is 0 Å². The molecule has 2 amide bonds. The lowest BCUT2D eigenvalue weighted by Gasteiger charge is -2.25. The third-order valence-corrected chi connectivity index (χ3v) is 2.80. The number of aliphatic carboxylic acids is 1. The lowest BCUT2D eigenvalue weighted by atomic mass is 10.3. The molecule has 106 valence electrons. The maximum atomic E-state index is 11.7. The second kappa shape index (κ2) is 8.74. The van der Waals surface area contributed by atoms with E-state index in [9.17, 15) is 9.59 Å². The van der Waals surface area contributed by atoms with Crippen molar-refractivity contribution in [1.29, 1.82) is 0 Å². The lowest BCUT2D eigenvalue weighted by molar-refractivity contribution is -0.137. The van der Waals surface area contributed by atoms with Crippen molar-refractivity contribution < 1.29 is 14.7 Å². The van der Waals surface area contributed by atoms with Crippen LogP contribution in [0.2, 0.25) is 0 Å². The summed E-state index contributed by atoms with van der Waals surface area (Å²) in [5, 5.41) is 11.4. The fourth-order valence-electron chi connectivity index (χ4n) is 1.60. The minimum atomic E-state index is -0.897. The molecule has 0 saturated carbocycles. The number of nitrogens with zero attached hydrogens (tertiary/aromatic N) is 2. The van der Waals surface area contributed by atoms with Gasteiger partial charge in [-0.25, -0.2) is 4.79 Å². The Balaban J connectivity index is 4.01. The molecule has 0 saturated heterocycles. The van der Waals surface area contributed by atoms with Gasteiger partial charge < -0.3 is 20.2 Å². The fraction of sp³-hybridized carbons (Fsp3) is 0.833. The standard InChI is InChI=1S/C12H25N3O3/c1-5-15(6-2)9-10(3)13-12(18)14(4)8-7-11(16)17/h10H,5-9H2,1-4H3,(H,13,18)(H,16,17). The minimum Gasteiger partial charge on any atom is -0.481 e. The molecule has 0 aliphatic carbocycles. The SMILES string of the molecule is CCN(CC)CC(C)NC(=O)N(C)CCC(=O)O. The number of likely N-dealkylation sites (N-methyl/N-ethyl adjacent to an activating group) is 1. The molecule has 0 aliphatic heterocycles. The van der Waals surface area contributed by atoms with Gasteiger partial charge >= 0.3 is 12.0 Å². The number of carboxylic acids is 1. The summed E-state index contributed by atoms with van der Waals surface area (Å²) >= 11 is 0. The number of hydrogen-bond acceptors (Lipinski definition) is 3. The van der Waals surface area contributed by atoms with Crippen molar-refractivity contribution in [3.05, 3.63) is 0 Å². The first-order chi connectivity index (χ1) is 8.40. The highest BCUT2D eigenvalue weighted by Crippen LogP contribution is 1.94. The largest absolute Gasteiger partial charge is 0.481 e. The van der Waals surface area contributed by atoms with Gasteiger partial charge in [0.15, 0.2) is 0 Å². The smallest absolute Gasteiger partial charge is 0.317 e. The first-order valence-corrected chi connectivity index (χ1v) is 6.36. The molecule has 1 unspecified atom stereocenters. The van der Waals surface area contributed by atoms with Crippen molar-refractivity contribution in [1.82, 2.24) is 15.1 Å². The molecule has 0 aromatic carbocycles. The second-order valence-electron chi connectivity index (χ2n) is 4.40. The van der Waals surface area contributed by atoms with E-state index in [0.717, 1.165) is 19.6 Å². The van der Waals surface area contributed by atoms with Gasteiger partial charge in [-0.3, -0.25) is 4.79 Å². The van der Waals surface area contributed by atoms with Gasteiger partial charge in [0.1, 0.15) is 0 Å². The number of urea groups is 1. The number of nitrogens with one attached hydrogen (secondary N) is 1. The van der Waals surface area contributed by atoms with Crippen molar-refractivity contribution in [2.45, 2.75) is 33.2 Å². The Morgan fingerprint density at radius 1 is 1.28 bits per heavy atom. The van der Waals surface area contributed by atoms with Crippen LogP contribution in [0.1, 0.15) is 27.2 Å². The predicted molar refractivity (Wildman–Crippen MR) is 70.7 cm³/mol. The number of amides is 2. The fourth-order valence-corrected chi connectivity index (χ4v) is 1.60. The molecule has 0 aromatic rings. The number of carbonyl (C=O) groups is 2. The van der Waals surface area contributed by atoms with Crippen molar-refractivity contribution in [2.24, 2.45) is 0 Å². The van der Waals surface area contributed by atoms with Gasteiger partial charge in [0.05, 0.1) is 6.42 Å². The summed E-state index contributed by atoms with van der Waals surface area (Å²) in [6, 6.07) is -0.180. The monoisotopic (exact) mass is 259 g/mol. The maximum Gasteiger partial charge on any atom is 0.317 e. The summed E-state index contributed by atoms with van der Waals surface area (Å²) in [7, 11) is 1.60. The van der Waals surface area contributed by atoms with E-state index < -0.39 is 5.97 Å². The van der Waals surface area contributed by atoms with Gasteiger partial charge in [-0.2, -0.15) is 0 Å². The zero-order valence-corrected chi connectivity index (χ0v) is 11.8. The van der Waals surface area contributed by atoms with Crippen molar-refractivity contribution >= 4 is 12.0 Å². The van der Waals surface area contributed by atoms with Crippen LogP contribution in [-0.2, 0) is 4.79 Å². The Morgan fingerprint density at radius 2 is 1.83 bits per heavy atom. The summed E-state index contributed by atoms with van der Waals surface area (Å²) in [5.41, 5.74) is 0. The van der Waals surface area contributed by atoms with E-state index in [4.69, 9.17) is 5.11 Å². The van der Waals surface area contributed by atoms with Gasteiger partial charge in [-0.1, -0.05) is 13.8 Å². The number of hydrogen-bond donors (Lipinski definition) is 2. The average molecular weight is 259 g/mol. The summed E-state index contributed by atoms with van der Waals surface area (Å²) in [4.78, 5) is 25.8. The Labute approximate surface area is 109 Å². The van der Waals surface area contributed by atoms with Gasteiger partial charge in [-0.15, -0.1) is 0 Å². The first-order valence-electron chi connectivity index (χ1n) is 6.36. The second-order valence-corrected chi connectivity index (χ2v) is 4.40. The van der Waals surface area contributed by atoms with Crippen LogP contribution in [0.5, 0.6) is 0 Å². The van der Waals surface area contributed by atoms with Crippen LogP contribution >= 0.6 is 0 Å². The van der Waals surface area contributed by atoms with E-state index in [1.807, 2.05) is 6.92 Å². The van der Waals surface area contributed by atoms with E-state index in [1.165, 1.54) is 4.90 Å². The highest BCUT2D eigenvalue weighted by Gasteiger charge is 2.14. The quantitative estimate of drug-likeness (QED) is 0.677. The molecule has 0 aromatic heterocycles. The zero-order valence-electron chi connectivity index (χ0n) is 11.8. The van der Waals surface area contributed by atoms with Crippen LogP contribution in [0, 0.1) is 0 Å². The van der Waals surface area contributed by atoms with E-state index in [1.54, 1.807) is 7.05 Å². The van der Waals surface area contributed by atoms with Crippen LogP contribution < -0.4 is 5.32 Å². The predicted octanol–water partition coefficient (Wildman–Crippen LogP) is 0.833. The highest BCUT2D eigenvalue weighted by molar-refractivity contribution is 5.75. The number of rotatable bonds is 8. The molecule has 1 atom stereocenters. The molecular formula is C12H25N3O3. The molecule has 0 aliphatic rings. The molecule has 0 bridgehead atoms. The molecule has 0 fully saturated rings. The number of carboxylic acid groups (broad SMARTS) is 1. The molecule has 18 heavy (non-hydrogen) atoms. The van der Waals surface area contributed by atoms with E-state index in [0.29, 0.717) is 0 Å². The Bertz CT molecular complexity index is 267. The third kappa shape index (κ3) is 7.11. The minimum absolute atomic E-state index is 0.0334. The Kier molecular flexibility index (Phi) is 8.11. The molecule has 0 radical (unpaired) electrons. The molecule has 0 heterocycles. The van der Waals surface area contributed by atoms with Crippen molar-refractivity contribution in [3.63, 3.8) is 0 Å². The Morgan fingerprint density at radius 3 is 2.28 bits per heavy atom. The third-order valence-electron chi connectivity index (χ3n) is 2.80. The van der Waals surface area contributed by atoms with Gasteiger partial charge in [0, 0.05) is 26.2 Å². The van der Waals surface area contributed by atoms with Crippen LogP contribution in [0.4, 0.5) is 4.79 Å². The molecular weight excluding hydrogens is 234 g/mol. The van der Waals surface area contributed by atoms with E-state index >= 15 is 0 Å². The summed E-state index contributed by atoms with van der Waals surface area (Å²) < 4.78 is 0. The van der Waals surface area contributed by atoms with Gasteiger partial charge in [-0.05, 0) is 20.0 Å². The normalized spacial score (nSPS) is 12.3. The molecule has 6 nitrogen and oxygen atoms in total. The van der Waals surface area contributed by atoms with E-state index in [-0.39, 0.29) is 25.0 Å². The van der Waals surface area contributed by atoms with Crippen LogP contribution in [0.3, 0.4) is 0 Å². The topological polar surface area (TPSA) is 72.9 Å².